The minimum atomic E-state index is 0.689. The maximum absolute atomic E-state index is 4.72. The van der Waals surface area contributed by atoms with E-state index in [9.17, 15) is 0 Å². The van der Waals surface area contributed by atoms with Crippen LogP contribution in [0.1, 0.15) is 31.0 Å². The average Bonchev–Trinajstić information content (AvgIpc) is 2.93. The van der Waals surface area contributed by atoms with E-state index < -0.39 is 0 Å². The van der Waals surface area contributed by atoms with Crippen LogP contribution in [0.3, 0.4) is 0 Å². The Morgan fingerprint density at radius 3 is 2.86 bits per heavy atom. The van der Waals surface area contributed by atoms with Gasteiger partial charge in [-0.3, -0.25) is 4.98 Å². The summed E-state index contributed by atoms with van der Waals surface area (Å²) in [5, 5.41) is 3.43. The summed E-state index contributed by atoms with van der Waals surface area (Å²) in [6, 6.07) is 1.97. The van der Waals surface area contributed by atoms with Gasteiger partial charge in [-0.05, 0) is 63.6 Å². The van der Waals surface area contributed by atoms with E-state index in [0.717, 1.165) is 58.4 Å². The molecule has 0 unspecified atom stereocenters. The smallest absolute Gasteiger partial charge is 0.181 e. The van der Waals surface area contributed by atoms with E-state index in [2.05, 4.69) is 49.1 Å². The van der Waals surface area contributed by atoms with Gasteiger partial charge >= 0.3 is 0 Å². The van der Waals surface area contributed by atoms with E-state index >= 15 is 0 Å². The van der Waals surface area contributed by atoms with Gasteiger partial charge in [-0.25, -0.2) is 9.97 Å². The number of hydrogen-bond acceptors (Lipinski definition) is 4. The Kier molecular flexibility index (Phi) is 4.54. The van der Waals surface area contributed by atoms with E-state index in [0.29, 0.717) is 5.82 Å². The summed E-state index contributed by atoms with van der Waals surface area (Å²) in [6.07, 6.45) is 6.10. The number of nitrogens with zero attached hydrogens (tertiary/aromatic N) is 3. The number of nitrogens with one attached hydrogen (secondary N) is 1. The number of pyridine rings is 1. The summed E-state index contributed by atoms with van der Waals surface area (Å²) in [5.41, 5.74) is 3.23. The maximum Gasteiger partial charge on any atom is 0.181 e. The SMILES string of the molecule is CCCNc1nc(-c2ncc(Br)cc2Br)nc2c1CCC2. The zero-order chi connectivity index (χ0) is 14.8. The van der Waals surface area contributed by atoms with Crippen molar-refractivity contribution in [2.24, 2.45) is 0 Å². The minimum Gasteiger partial charge on any atom is -0.370 e. The first kappa shape index (κ1) is 14.9. The van der Waals surface area contributed by atoms with Gasteiger partial charge in [0.1, 0.15) is 11.5 Å². The molecule has 0 spiro atoms. The lowest BCUT2D eigenvalue weighted by molar-refractivity contribution is 0.899. The molecule has 6 heteroatoms. The molecule has 0 aliphatic heterocycles. The van der Waals surface area contributed by atoms with Crippen LogP contribution in [-0.2, 0) is 12.8 Å². The third-order valence-electron chi connectivity index (χ3n) is 3.50. The van der Waals surface area contributed by atoms with Crippen LogP contribution in [0.15, 0.2) is 21.2 Å². The molecule has 21 heavy (non-hydrogen) atoms. The van der Waals surface area contributed by atoms with Crippen molar-refractivity contribution >= 4 is 37.7 Å². The predicted octanol–water partition coefficient (Wildman–Crippen LogP) is 4.37. The van der Waals surface area contributed by atoms with Crippen LogP contribution in [0.4, 0.5) is 5.82 Å². The van der Waals surface area contributed by atoms with Crippen molar-refractivity contribution < 1.29 is 0 Å². The highest BCUT2D eigenvalue weighted by molar-refractivity contribution is 9.11. The molecule has 0 saturated carbocycles. The molecule has 0 saturated heterocycles. The maximum atomic E-state index is 4.72. The zero-order valence-electron chi connectivity index (χ0n) is 11.8. The van der Waals surface area contributed by atoms with Crippen LogP contribution in [0.5, 0.6) is 0 Å². The summed E-state index contributed by atoms with van der Waals surface area (Å²) in [5.74, 6) is 1.67. The molecule has 3 rings (SSSR count). The number of hydrogen-bond donors (Lipinski definition) is 1. The lowest BCUT2D eigenvalue weighted by atomic mass is 10.2. The van der Waals surface area contributed by atoms with Gasteiger partial charge in [0.25, 0.3) is 0 Å². The fraction of sp³-hybridized carbons (Fsp3) is 0.400. The van der Waals surface area contributed by atoms with Crippen molar-refractivity contribution in [2.45, 2.75) is 32.6 Å². The second kappa shape index (κ2) is 6.40. The highest BCUT2D eigenvalue weighted by Gasteiger charge is 2.21. The fourth-order valence-electron chi connectivity index (χ4n) is 2.51. The van der Waals surface area contributed by atoms with Crippen molar-refractivity contribution in [3.63, 3.8) is 0 Å². The number of aromatic nitrogens is 3. The Hall–Kier alpha value is -1.01. The number of aryl methyl sites for hydroxylation is 1. The van der Waals surface area contributed by atoms with Crippen molar-refractivity contribution in [3.05, 3.63) is 32.5 Å². The molecular formula is C15H16Br2N4. The summed E-state index contributed by atoms with van der Waals surface area (Å²) in [6.45, 7) is 3.08. The lowest BCUT2D eigenvalue weighted by Gasteiger charge is -2.12. The number of anilines is 1. The van der Waals surface area contributed by atoms with Crippen LogP contribution >= 0.6 is 31.9 Å². The van der Waals surface area contributed by atoms with Crippen molar-refractivity contribution in [3.8, 4) is 11.5 Å². The first-order valence-corrected chi connectivity index (χ1v) is 8.72. The Morgan fingerprint density at radius 1 is 1.24 bits per heavy atom. The second-order valence-corrected chi connectivity index (χ2v) is 6.86. The Labute approximate surface area is 141 Å². The van der Waals surface area contributed by atoms with Crippen LogP contribution in [0, 0.1) is 0 Å². The number of rotatable bonds is 4. The third-order valence-corrected chi connectivity index (χ3v) is 4.53. The first-order valence-electron chi connectivity index (χ1n) is 7.14. The molecule has 0 radical (unpaired) electrons. The Bertz CT molecular complexity index is 673. The predicted molar refractivity (Wildman–Crippen MR) is 91.5 cm³/mol. The monoisotopic (exact) mass is 410 g/mol. The molecule has 0 aromatic carbocycles. The van der Waals surface area contributed by atoms with Crippen LogP contribution in [0.2, 0.25) is 0 Å². The van der Waals surface area contributed by atoms with Gasteiger partial charge in [-0.2, -0.15) is 0 Å². The summed E-state index contributed by atoms with van der Waals surface area (Å²) >= 11 is 6.97. The largest absolute Gasteiger partial charge is 0.370 e. The molecule has 1 aliphatic rings. The molecule has 0 fully saturated rings. The molecular weight excluding hydrogens is 396 g/mol. The molecule has 2 aromatic heterocycles. The van der Waals surface area contributed by atoms with Gasteiger partial charge in [-0.1, -0.05) is 6.92 Å². The molecule has 1 aliphatic carbocycles. The van der Waals surface area contributed by atoms with Gasteiger partial charge < -0.3 is 5.32 Å². The Morgan fingerprint density at radius 2 is 2.10 bits per heavy atom. The number of halogens is 2. The summed E-state index contributed by atoms with van der Waals surface area (Å²) in [4.78, 5) is 13.9. The van der Waals surface area contributed by atoms with Crippen LogP contribution < -0.4 is 5.32 Å². The Balaban J connectivity index is 2.06. The van der Waals surface area contributed by atoms with Gasteiger partial charge in [0.15, 0.2) is 5.82 Å². The van der Waals surface area contributed by atoms with Gasteiger partial charge in [-0.15, -0.1) is 0 Å². The fourth-order valence-corrected chi connectivity index (χ4v) is 3.67. The molecule has 110 valence electrons. The van der Waals surface area contributed by atoms with Gasteiger partial charge in [0, 0.05) is 32.9 Å². The average molecular weight is 412 g/mol. The van der Waals surface area contributed by atoms with E-state index in [4.69, 9.17) is 9.97 Å². The first-order chi connectivity index (χ1) is 10.2. The third kappa shape index (κ3) is 3.11. The van der Waals surface area contributed by atoms with Gasteiger partial charge in [0.2, 0.25) is 0 Å². The summed E-state index contributed by atoms with van der Waals surface area (Å²) < 4.78 is 1.83. The highest BCUT2D eigenvalue weighted by atomic mass is 79.9. The van der Waals surface area contributed by atoms with Crippen molar-refractivity contribution in [1.29, 1.82) is 0 Å². The van der Waals surface area contributed by atoms with E-state index in [1.165, 1.54) is 5.56 Å². The topological polar surface area (TPSA) is 50.7 Å². The molecule has 0 bridgehead atoms. The second-order valence-electron chi connectivity index (χ2n) is 5.09. The normalized spacial score (nSPS) is 13.3. The molecule has 0 atom stereocenters. The molecule has 1 N–H and O–H groups in total. The molecule has 4 nitrogen and oxygen atoms in total. The van der Waals surface area contributed by atoms with Gasteiger partial charge in [0.05, 0.1) is 0 Å². The van der Waals surface area contributed by atoms with E-state index in [-0.39, 0.29) is 0 Å². The lowest BCUT2D eigenvalue weighted by Crippen LogP contribution is -2.08. The standard InChI is InChI=1S/C15H16Br2N4/c1-2-6-18-14-10-4-3-5-12(10)20-15(21-14)13-11(17)7-9(16)8-19-13/h7-8H,2-6H2,1H3,(H,18,20,21). The zero-order valence-corrected chi connectivity index (χ0v) is 15.0. The molecule has 2 aromatic rings. The minimum absolute atomic E-state index is 0.689. The van der Waals surface area contributed by atoms with Crippen LogP contribution in [0.25, 0.3) is 11.5 Å². The molecule has 0 amide bonds. The summed E-state index contributed by atoms with van der Waals surface area (Å²) in [7, 11) is 0. The highest BCUT2D eigenvalue weighted by Crippen LogP contribution is 2.31. The molecule has 2 heterocycles. The number of fused-ring (bicyclic) bond motifs is 1. The van der Waals surface area contributed by atoms with Crippen molar-refractivity contribution in [1.82, 2.24) is 15.0 Å². The van der Waals surface area contributed by atoms with E-state index in [1.54, 1.807) is 6.20 Å². The van der Waals surface area contributed by atoms with E-state index in [1.807, 2.05) is 6.07 Å². The van der Waals surface area contributed by atoms with Crippen molar-refractivity contribution in [2.75, 3.05) is 11.9 Å². The quantitative estimate of drug-likeness (QED) is 0.811. The van der Waals surface area contributed by atoms with Crippen LogP contribution in [-0.4, -0.2) is 21.5 Å².